The van der Waals surface area contributed by atoms with Crippen LogP contribution >= 0.6 is 0 Å². The van der Waals surface area contributed by atoms with Crippen molar-refractivity contribution in [3.63, 3.8) is 0 Å². The Balaban J connectivity index is 2.22. The van der Waals surface area contributed by atoms with Crippen molar-refractivity contribution in [2.24, 2.45) is 5.14 Å². The number of hydrogen-bond acceptors (Lipinski definition) is 4. The molecule has 2 aromatic carbocycles. The number of halogens is 1. The van der Waals surface area contributed by atoms with Crippen LogP contribution in [-0.2, 0) is 10.0 Å². The smallest absolute Gasteiger partial charge is 0.238 e. The fraction of sp³-hybridized carbons (Fsp3) is 0.0714. The summed E-state index contributed by atoms with van der Waals surface area (Å²) in [5, 5.41) is 17.1. The summed E-state index contributed by atoms with van der Waals surface area (Å²) >= 11 is 0. The van der Waals surface area contributed by atoms with Crippen LogP contribution in [0, 0.1) is 17.1 Å². The zero-order valence-corrected chi connectivity index (χ0v) is 11.6. The van der Waals surface area contributed by atoms with Crippen molar-refractivity contribution < 1.29 is 12.8 Å². The number of rotatable bonds is 4. The fourth-order valence-electron chi connectivity index (χ4n) is 1.75. The monoisotopic (exact) mass is 305 g/mol. The third-order valence-electron chi connectivity index (χ3n) is 2.83. The lowest BCUT2D eigenvalue weighted by atomic mass is 10.1. The summed E-state index contributed by atoms with van der Waals surface area (Å²) in [5.41, 5.74) is 1.16. The molecule has 21 heavy (non-hydrogen) atoms. The second-order valence-corrected chi connectivity index (χ2v) is 5.89. The highest BCUT2D eigenvalue weighted by molar-refractivity contribution is 7.89. The van der Waals surface area contributed by atoms with Gasteiger partial charge in [0, 0.05) is 5.69 Å². The van der Waals surface area contributed by atoms with E-state index in [4.69, 9.17) is 5.14 Å². The molecule has 5 nitrogen and oxygen atoms in total. The quantitative estimate of drug-likeness (QED) is 0.904. The zero-order valence-electron chi connectivity index (χ0n) is 10.8. The molecule has 7 heteroatoms. The van der Waals surface area contributed by atoms with Crippen LogP contribution in [0.2, 0.25) is 0 Å². The van der Waals surface area contributed by atoms with Crippen LogP contribution in [0.3, 0.4) is 0 Å². The number of anilines is 1. The Labute approximate surface area is 121 Å². The number of nitrogens with zero attached hydrogens (tertiary/aromatic N) is 1. The van der Waals surface area contributed by atoms with E-state index in [1.165, 1.54) is 48.5 Å². The zero-order chi connectivity index (χ0) is 15.5. The Kier molecular flexibility index (Phi) is 4.21. The molecular weight excluding hydrogens is 293 g/mol. The van der Waals surface area contributed by atoms with Gasteiger partial charge in [0.1, 0.15) is 11.9 Å². The van der Waals surface area contributed by atoms with Gasteiger partial charge in [-0.3, -0.25) is 0 Å². The summed E-state index contributed by atoms with van der Waals surface area (Å²) in [6, 6.07) is 12.6. The topological polar surface area (TPSA) is 96.0 Å². The third-order valence-corrected chi connectivity index (χ3v) is 3.76. The van der Waals surface area contributed by atoms with Gasteiger partial charge in [-0.2, -0.15) is 5.26 Å². The van der Waals surface area contributed by atoms with Gasteiger partial charge >= 0.3 is 0 Å². The van der Waals surface area contributed by atoms with E-state index in [1.54, 1.807) is 0 Å². The number of nitrogens with one attached hydrogen (secondary N) is 1. The minimum atomic E-state index is -3.76. The molecule has 0 saturated carbocycles. The predicted molar refractivity (Wildman–Crippen MR) is 76.2 cm³/mol. The normalized spacial score (nSPS) is 12.4. The highest BCUT2D eigenvalue weighted by Gasteiger charge is 2.13. The van der Waals surface area contributed by atoms with Crippen LogP contribution in [-0.4, -0.2) is 8.42 Å². The highest BCUT2D eigenvalue weighted by atomic mass is 32.2. The van der Waals surface area contributed by atoms with Crippen molar-refractivity contribution >= 4 is 15.7 Å². The Morgan fingerprint density at radius 2 is 1.67 bits per heavy atom. The van der Waals surface area contributed by atoms with Gasteiger partial charge in [-0.05, 0) is 42.0 Å². The minimum absolute atomic E-state index is 0.0234. The molecule has 0 saturated heterocycles. The number of nitrogens with two attached hydrogens (primary N) is 1. The third kappa shape index (κ3) is 3.78. The van der Waals surface area contributed by atoms with Gasteiger partial charge in [0.25, 0.3) is 0 Å². The number of benzene rings is 2. The molecule has 0 amide bonds. The van der Waals surface area contributed by atoms with Crippen molar-refractivity contribution in [1.82, 2.24) is 0 Å². The number of primary sulfonamides is 1. The number of nitriles is 1. The van der Waals surface area contributed by atoms with Crippen molar-refractivity contribution in [3.05, 3.63) is 59.9 Å². The highest BCUT2D eigenvalue weighted by Crippen LogP contribution is 2.20. The fourth-order valence-corrected chi connectivity index (χ4v) is 2.27. The van der Waals surface area contributed by atoms with Crippen LogP contribution < -0.4 is 10.5 Å². The first-order valence-electron chi connectivity index (χ1n) is 5.94. The molecule has 1 atom stereocenters. The first kappa shape index (κ1) is 15.0. The van der Waals surface area contributed by atoms with Crippen molar-refractivity contribution in [1.29, 1.82) is 5.26 Å². The summed E-state index contributed by atoms with van der Waals surface area (Å²) in [4.78, 5) is -0.0234. The summed E-state index contributed by atoms with van der Waals surface area (Å²) < 4.78 is 35.2. The van der Waals surface area contributed by atoms with Gasteiger partial charge in [-0.1, -0.05) is 12.1 Å². The maximum absolute atomic E-state index is 12.8. The average molecular weight is 305 g/mol. The first-order valence-corrected chi connectivity index (χ1v) is 7.49. The SMILES string of the molecule is N#CC(Nc1ccc(F)cc1)c1ccc(S(N)(=O)=O)cc1. The van der Waals surface area contributed by atoms with Crippen molar-refractivity contribution in [3.8, 4) is 6.07 Å². The first-order chi connectivity index (χ1) is 9.90. The van der Waals surface area contributed by atoms with Gasteiger partial charge in [-0.25, -0.2) is 17.9 Å². The Bertz CT molecular complexity index is 765. The molecule has 2 rings (SSSR count). The van der Waals surface area contributed by atoms with Crippen LogP contribution in [0.4, 0.5) is 10.1 Å². The largest absolute Gasteiger partial charge is 0.366 e. The summed E-state index contributed by atoms with van der Waals surface area (Å²) in [7, 11) is -3.76. The van der Waals surface area contributed by atoms with Gasteiger partial charge < -0.3 is 5.32 Å². The molecule has 0 aliphatic carbocycles. The molecular formula is C14H12FN3O2S. The van der Waals surface area contributed by atoms with E-state index >= 15 is 0 Å². The van der Waals surface area contributed by atoms with Gasteiger partial charge in [-0.15, -0.1) is 0 Å². The number of sulfonamides is 1. The average Bonchev–Trinajstić information content (AvgIpc) is 2.46. The summed E-state index contributed by atoms with van der Waals surface area (Å²) in [5.74, 6) is -0.369. The van der Waals surface area contributed by atoms with E-state index in [1.807, 2.05) is 0 Å². The van der Waals surface area contributed by atoms with Crippen LogP contribution in [0.1, 0.15) is 11.6 Å². The Hall–Kier alpha value is -2.43. The molecule has 2 aromatic rings. The van der Waals surface area contributed by atoms with E-state index in [0.717, 1.165) is 0 Å². The van der Waals surface area contributed by atoms with Crippen LogP contribution in [0.15, 0.2) is 53.4 Å². The molecule has 0 fully saturated rings. The van der Waals surface area contributed by atoms with Crippen molar-refractivity contribution in [2.45, 2.75) is 10.9 Å². The van der Waals surface area contributed by atoms with E-state index in [9.17, 15) is 18.1 Å². The summed E-state index contributed by atoms with van der Waals surface area (Å²) in [6.45, 7) is 0. The van der Waals surface area contributed by atoms with Gasteiger partial charge in [0.2, 0.25) is 10.0 Å². The molecule has 0 aliphatic heterocycles. The molecule has 0 bridgehead atoms. The second-order valence-electron chi connectivity index (χ2n) is 4.33. The molecule has 0 heterocycles. The standard InChI is InChI=1S/C14H12FN3O2S/c15-11-3-5-12(6-4-11)18-14(9-16)10-1-7-13(8-2-10)21(17,19)20/h1-8,14,18H,(H2,17,19,20). The Morgan fingerprint density at radius 3 is 2.14 bits per heavy atom. The molecule has 108 valence electrons. The lowest BCUT2D eigenvalue weighted by Gasteiger charge is -2.13. The van der Waals surface area contributed by atoms with Crippen LogP contribution in [0.5, 0.6) is 0 Å². The predicted octanol–water partition coefficient (Wildman–Crippen LogP) is 2.15. The number of hydrogen-bond donors (Lipinski definition) is 2. The molecule has 3 N–H and O–H groups in total. The lowest BCUT2D eigenvalue weighted by Crippen LogP contribution is -2.13. The molecule has 0 spiro atoms. The van der Waals surface area contributed by atoms with Crippen molar-refractivity contribution in [2.75, 3.05) is 5.32 Å². The molecule has 0 aromatic heterocycles. The van der Waals surface area contributed by atoms with E-state index < -0.39 is 16.1 Å². The van der Waals surface area contributed by atoms with Gasteiger partial charge in [0.05, 0.1) is 11.0 Å². The van der Waals surface area contributed by atoms with Crippen LogP contribution in [0.25, 0.3) is 0 Å². The molecule has 0 radical (unpaired) electrons. The minimum Gasteiger partial charge on any atom is -0.366 e. The Morgan fingerprint density at radius 1 is 1.10 bits per heavy atom. The van der Waals surface area contributed by atoms with E-state index in [0.29, 0.717) is 11.3 Å². The van der Waals surface area contributed by atoms with E-state index in [2.05, 4.69) is 11.4 Å². The molecule has 0 aliphatic rings. The van der Waals surface area contributed by atoms with E-state index in [-0.39, 0.29) is 10.7 Å². The maximum atomic E-state index is 12.8. The molecule has 1 unspecified atom stereocenters. The lowest BCUT2D eigenvalue weighted by molar-refractivity contribution is 0.597. The summed E-state index contributed by atoms with van der Waals surface area (Å²) in [6.07, 6.45) is 0. The van der Waals surface area contributed by atoms with Gasteiger partial charge in [0.15, 0.2) is 0 Å². The second kappa shape index (κ2) is 5.91. The maximum Gasteiger partial charge on any atom is 0.238 e.